The summed E-state index contributed by atoms with van der Waals surface area (Å²) in [6, 6.07) is 7.45. The zero-order valence-electron chi connectivity index (χ0n) is 11.2. The molecule has 0 aliphatic carbocycles. The number of methoxy groups -OCH3 is 1. The number of ether oxygens (including phenoxy) is 1. The van der Waals surface area contributed by atoms with Gasteiger partial charge in [-0.25, -0.2) is 0 Å². The van der Waals surface area contributed by atoms with E-state index in [0.29, 0.717) is 25.4 Å². The van der Waals surface area contributed by atoms with Crippen molar-refractivity contribution >= 4 is 11.6 Å². The van der Waals surface area contributed by atoms with Gasteiger partial charge in [-0.2, -0.15) is 0 Å². The van der Waals surface area contributed by atoms with E-state index in [0.717, 1.165) is 5.56 Å². The summed E-state index contributed by atoms with van der Waals surface area (Å²) in [4.78, 5) is 12.1. The highest BCUT2D eigenvalue weighted by atomic mass is 16.5. The number of nitrogens with two attached hydrogens (primary N) is 1. The van der Waals surface area contributed by atoms with Crippen molar-refractivity contribution < 1.29 is 9.53 Å². The molecule has 7 heteroatoms. The molecule has 7 nitrogen and oxygen atoms in total. The molecule has 0 bridgehead atoms. The molecular formula is C13H17N5O2. The maximum atomic E-state index is 12.1. The lowest BCUT2D eigenvalue weighted by Crippen LogP contribution is -2.14. The van der Waals surface area contributed by atoms with Gasteiger partial charge in [-0.05, 0) is 6.07 Å². The lowest BCUT2D eigenvalue weighted by molar-refractivity contribution is 0.102. The third-order valence-corrected chi connectivity index (χ3v) is 2.69. The van der Waals surface area contributed by atoms with Crippen LogP contribution >= 0.6 is 0 Å². The van der Waals surface area contributed by atoms with Gasteiger partial charge < -0.3 is 15.8 Å². The molecule has 0 fully saturated rings. The Morgan fingerprint density at radius 1 is 1.45 bits per heavy atom. The quantitative estimate of drug-likeness (QED) is 0.806. The van der Waals surface area contributed by atoms with E-state index in [-0.39, 0.29) is 11.6 Å². The van der Waals surface area contributed by atoms with Crippen molar-refractivity contribution in [2.75, 3.05) is 19.0 Å². The Morgan fingerprint density at radius 3 is 3.00 bits per heavy atom. The Morgan fingerprint density at radius 2 is 2.25 bits per heavy atom. The minimum atomic E-state index is -0.308. The van der Waals surface area contributed by atoms with E-state index >= 15 is 0 Å². The number of nitrogens with one attached hydrogen (secondary N) is 1. The van der Waals surface area contributed by atoms with Gasteiger partial charge in [0.05, 0.1) is 19.3 Å². The number of nitrogens with zero attached hydrogens (tertiary/aromatic N) is 3. The maximum Gasteiger partial charge on any atom is 0.277 e. The third kappa shape index (κ3) is 3.40. The molecule has 0 radical (unpaired) electrons. The lowest BCUT2D eigenvalue weighted by Gasteiger charge is -2.08. The lowest BCUT2D eigenvalue weighted by atomic mass is 10.2. The van der Waals surface area contributed by atoms with Crippen molar-refractivity contribution in [3.63, 3.8) is 0 Å². The minimum absolute atomic E-state index is 0.255. The molecule has 0 spiro atoms. The molecule has 0 saturated carbocycles. The Labute approximate surface area is 116 Å². The molecule has 1 aromatic heterocycles. The first-order chi connectivity index (χ1) is 9.74. The van der Waals surface area contributed by atoms with Crippen molar-refractivity contribution in [1.29, 1.82) is 0 Å². The van der Waals surface area contributed by atoms with E-state index in [1.54, 1.807) is 13.3 Å². The van der Waals surface area contributed by atoms with E-state index in [4.69, 9.17) is 10.5 Å². The van der Waals surface area contributed by atoms with Crippen molar-refractivity contribution in [1.82, 2.24) is 15.0 Å². The van der Waals surface area contributed by atoms with Gasteiger partial charge in [-0.3, -0.25) is 9.48 Å². The Hall–Kier alpha value is -2.25. The number of para-hydroxylation sites is 1. The van der Waals surface area contributed by atoms with Gasteiger partial charge in [0.25, 0.3) is 5.91 Å². The highest BCUT2D eigenvalue weighted by Gasteiger charge is 2.12. The fourth-order valence-electron chi connectivity index (χ4n) is 1.75. The van der Waals surface area contributed by atoms with Gasteiger partial charge in [0, 0.05) is 24.9 Å². The van der Waals surface area contributed by atoms with Crippen LogP contribution in [0.25, 0.3) is 0 Å². The van der Waals surface area contributed by atoms with E-state index in [1.807, 2.05) is 24.3 Å². The normalized spacial score (nSPS) is 10.5. The molecule has 1 heterocycles. The largest absolute Gasteiger partial charge is 0.380 e. The average Bonchev–Trinajstić information content (AvgIpc) is 2.90. The second kappa shape index (κ2) is 6.78. The second-order valence-corrected chi connectivity index (χ2v) is 4.20. The predicted molar refractivity (Wildman–Crippen MR) is 74.2 cm³/mol. The van der Waals surface area contributed by atoms with E-state index in [9.17, 15) is 4.79 Å². The SMILES string of the molecule is COCc1ccccc1NC(=O)c1cn(CCN)nn1. The summed E-state index contributed by atoms with van der Waals surface area (Å²) >= 11 is 0. The van der Waals surface area contributed by atoms with E-state index in [1.165, 1.54) is 4.68 Å². The Balaban J connectivity index is 2.10. The first kappa shape index (κ1) is 14.2. The zero-order valence-corrected chi connectivity index (χ0v) is 11.2. The van der Waals surface area contributed by atoms with E-state index < -0.39 is 0 Å². The van der Waals surface area contributed by atoms with Gasteiger partial charge in [-0.15, -0.1) is 5.10 Å². The maximum absolute atomic E-state index is 12.1. The minimum Gasteiger partial charge on any atom is -0.380 e. The summed E-state index contributed by atoms with van der Waals surface area (Å²) in [6.45, 7) is 1.40. The van der Waals surface area contributed by atoms with Crippen LogP contribution in [0.15, 0.2) is 30.5 Å². The topological polar surface area (TPSA) is 95.1 Å². The second-order valence-electron chi connectivity index (χ2n) is 4.20. The number of aromatic nitrogens is 3. The standard InChI is InChI=1S/C13H17N5O2/c1-20-9-10-4-2-3-5-11(10)15-13(19)12-8-18(7-6-14)17-16-12/h2-5,8H,6-7,9,14H2,1H3,(H,15,19). The first-order valence-corrected chi connectivity index (χ1v) is 6.23. The molecule has 0 aliphatic heterocycles. The third-order valence-electron chi connectivity index (χ3n) is 2.69. The van der Waals surface area contributed by atoms with Crippen LogP contribution < -0.4 is 11.1 Å². The number of carbonyl (C=O) groups is 1. The van der Waals surface area contributed by atoms with Gasteiger partial charge in [0.15, 0.2) is 5.69 Å². The summed E-state index contributed by atoms with van der Waals surface area (Å²) in [5, 5.41) is 10.5. The van der Waals surface area contributed by atoms with Crippen LogP contribution in [0.1, 0.15) is 16.1 Å². The first-order valence-electron chi connectivity index (χ1n) is 6.23. The number of hydrogen-bond donors (Lipinski definition) is 2. The molecule has 3 N–H and O–H groups in total. The summed E-state index contributed by atoms with van der Waals surface area (Å²) < 4.78 is 6.63. The highest BCUT2D eigenvalue weighted by Crippen LogP contribution is 2.16. The van der Waals surface area contributed by atoms with Gasteiger partial charge in [0.1, 0.15) is 0 Å². The molecule has 0 aliphatic rings. The van der Waals surface area contributed by atoms with Crippen molar-refractivity contribution in [2.45, 2.75) is 13.2 Å². The summed E-state index contributed by atoms with van der Waals surface area (Å²) in [7, 11) is 1.61. The number of carbonyl (C=O) groups excluding carboxylic acids is 1. The van der Waals surface area contributed by atoms with Crippen molar-refractivity contribution in [2.24, 2.45) is 5.73 Å². The number of benzene rings is 1. The molecule has 1 amide bonds. The Bertz CT molecular complexity index is 582. The van der Waals surface area contributed by atoms with Crippen LogP contribution in [0.2, 0.25) is 0 Å². The van der Waals surface area contributed by atoms with Crippen LogP contribution in [0.3, 0.4) is 0 Å². The van der Waals surface area contributed by atoms with Gasteiger partial charge in [0.2, 0.25) is 0 Å². The molecule has 0 saturated heterocycles. The van der Waals surface area contributed by atoms with Crippen LogP contribution in [-0.4, -0.2) is 34.6 Å². The fourth-order valence-corrected chi connectivity index (χ4v) is 1.75. The highest BCUT2D eigenvalue weighted by molar-refractivity contribution is 6.03. The van der Waals surface area contributed by atoms with Crippen molar-refractivity contribution in [3.05, 3.63) is 41.7 Å². The van der Waals surface area contributed by atoms with Crippen LogP contribution in [0.4, 0.5) is 5.69 Å². The van der Waals surface area contributed by atoms with Crippen LogP contribution in [0, 0.1) is 0 Å². The summed E-state index contributed by atoms with van der Waals surface area (Å²) in [5.74, 6) is -0.308. The number of amides is 1. The fraction of sp³-hybridized carbons (Fsp3) is 0.308. The molecule has 2 rings (SSSR count). The number of rotatable bonds is 6. The molecule has 0 atom stereocenters. The van der Waals surface area contributed by atoms with E-state index in [2.05, 4.69) is 15.6 Å². The van der Waals surface area contributed by atoms with Crippen LogP contribution in [0.5, 0.6) is 0 Å². The molecule has 20 heavy (non-hydrogen) atoms. The van der Waals surface area contributed by atoms with Crippen LogP contribution in [-0.2, 0) is 17.9 Å². The molecule has 0 unspecified atom stereocenters. The smallest absolute Gasteiger partial charge is 0.277 e. The monoisotopic (exact) mass is 275 g/mol. The summed E-state index contributed by atoms with van der Waals surface area (Å²) in [5.41, 5.74) is 7.28. The molecule has 1 aromatic carbocycles. The molecule has 2 aromatic rings. The Kier molecular flexibility index (Phi) is 4.80. The number of hydrogen-bond acceptors (Lipinski definition) is 5. The van der Waals surface area contributed by atoms with Crippen molar-refractivity contribution in [3.8, 4) is 0 Å². The average molecular weight is 275 g/mol. The van der Waals surface area contributed by atoms with Gasteiger partial charge >= 0.3 is 0 Å². The zero-order chi connectivity index (χ0) is 14.4. The molecular weight excluding hydrogens is 258 g/mol. The number of anilines is 1. The molecule has 106 valence electrons. The predicted octanol–water partition coefficient (Wildman–Crippen LogP) is 0.635. The summed E-state index contributed by atoms with van der Waals surface area (Å²) in [6.07, 6.45) is 1.57. The van der Waals surface area contributed by atoms with Gasteiger partial charge in [-0.1, -0.05) is 23.4 Å².